The average molecular weight is 174 g/mol. The Bertz CT molecular complexity index is 188. The van der Waals surface area contributed by atoms with Crippen molar-refractivity contribution in [1.82, 2.24) is 10.3 Å². The van der Waals surface area contributed by atoms with Crippen molar-refractivity contribution in [3.05, 3.63) is 16.6 Å². The van der Waals surface area contributed by atoms with E-state index in [0.717, 1.165) is 11.4 Å². The number of aromatic nitrogens is 1. The van der Waals surface area contributed by atoms with Gasteiger partial charge in [0.05, 0.1) is 11.6 Å². The molecule has 0 aliphatic rings. The molecule has 0 amide bonds. The zero-order valence-electron chi connectivity index (χ0n) is 6.38. The van der Waals surface area contributed by atoms with Crippen molar-refractivity contribution in [2.24, 2.45) is 0 Å². The molecule has 1 heterocycles. The summed E-state index contributed by atoms with van der Waals surface area (Å²) in [5.41, 5.74) is 1.72. The van der Waals surface area contributed by atoms with Gasteiger partial charge in [-0.3, -0.25) is 4.98 Å². The molecule has 11 heavy (non-hydrogen) atoms. The van der Waals surface area contributed by atoms with Crippen LogP contribution in [0.4, 0.5) is 4.39 Å². The van der Waals surface area contributed by atoms with E-state index in [1.807, 2.05) is 6.92 Å². The Hall–Kier alpha value is -0.480. The second-order valence-corrected chi connectivity index (χ2v) is 3.09. The van der Waals surface area contributed by atoms with Crippen molar-refractivity contribution in [2.45, 2.75) is 13.0 Å². The average Bonchev–Trinajstić information content (AvgIpc) is 2.52. The highest BCUT2D eigenvalue weighted by Gasteiger charge is 2.09. The lowest BCUT2D eigenvalue weighted by atomic mass is 10.3. The summed E-state index contributed by atoms with van der Waals surface area (Å²) in [5, 5.41) is 3.03. The molecule has 0 spiro atoms. The highest BCUT2D eigenvalue weighted by Crippen LogP contribution is 2.16. The molecular formula is C7H11FN2S. The third-order valence-corrected chi connectivity index (χ3v) is 2.29. The van der Waals surface area contributed by atoms with Gasteiger partial charge in [0, 0.05) is 11.1 Å². The van der Waals surface area contributed by atoms with Crippen LogP contribution in [0.5, 0.6) is 0 Å². The number of nitrogens with zero attached hydrogens (tertiary/aromatic N) is 1. The molecule has 0 saturated carbocycles. The fraction of sp³-hybridized carbons (Fsp3) is 0.571. The molecule has 0 fully saturated rings. The number of thiazole rings is 1. The quantitative estimate of drug-likeness (QED) is 0.752. The number of rotatable bonds is 4. The minimum Gasteiger partial charge on any atom is -0.307 e. The molecule has 1 rings (SSSR count). The van der Waals surface area contributed by atoms with Crippen LogP contribution in [-0.4, -0.2) is 18.2 Å². The summed E-state index contributed by atoms with van der Waals surface area (Å²) in [5.74, 6) is 0. The SMILES string of the molecule is CCNC(CF)c1cncs1. The summed E-state index contributed by atoms with van der Waals surface area (Å²) in [4.78, 5) is 4.85. The molecule has 1 aromatic rings. The van der Waals surface area contributed by atoms with Crippen LogP contribution in [0.3, 0.4) is 0 Å². The molecule has 1 N–H and O–H groups in total. The van der Waals surface area contributed by atoms with Crippen LogP contribution in [0, 0.1) is 0 Å². The molecular weight excluding hydrogens is 163 g/mol. The molecule has 0 aromatic carbocycles. The smallest absolute Gasteiger partial charge is 0.110 e. The van der Waals surface area contributed by atoms with E-state index in [9.17, 15) is 4.39 Å². The van der Waals surface area contributed by atoms with Crippen molar-refractivity contribution in [1.29, 1.82) is 0 Å². The van der Waals surface area contributed by atoms with E-state index in [4.69, 9.17) is 0 Å². The third-order valence-electron chi connectivity index (χ3n) is 1.40. The van der Waals surface area contributed by atoms with Gasteiger partial charge in [0.1, 0.15) is 6.67 Å². The van der Waals surface area contributed by atoms with Crippen molar-refractivity contribution in [3.63, 3.8) is 0 Å². The van der Waals surface area contributed by atoms with E-state index in [1.54, 1.807) is 11.7 Å². The maximum absolute atomic E-state index is 12.3. The molecule has 1 unspecified atom stereocenters. The Kier molecular flexibility index (Phi) is 3.45. The van der Waals surface area contributed by atoms with Crippen LogP contribution in [0.25, 0.3) is 0 Å². The molecule has 1 aromatic heterocycles. The van der Waals surface area contributed by atoms with E-state index >= 15 is 0 Å². The molecule has 2 nitrogen and oxygen atoms in total. The lowest BCUT2D eigenvalue weighted by Crippen LogP contribution is -2.21. The van der Waals surface area contributed by atoms with Gasteiger partial charge >= 0.3 is 0 Å². The summed E-state index contributed by atoms with van der Waals surface area (Å²) < 4.78 is 12.3. The highest BCUT2D eigenvalue weighted by atomic mass is 32.1. The summed E-state index contributed by atoms with van der Waals surface area (Å²) >= 11 is 1.48. The Morgan fingerprint density at radius 3 is 3.09 bits per heavy atom. The molecule has 0 bridgehead atoms. The fourth-order valence-electron chi connectivity index (χ4n) is 0.875. The second kappa shape index (κ2) is 4.41. The standard InChI is InChI=1S/C7H11FN2S/c1-2-10-6(3-8)7-4-9-5-11-7/h4-6,10H,2-3H2,1H3. The van der Waals surface area contributed by atoms with E-state index in [0.29, 0.717) is 0 Å². The van der Waals surface area contributed by atoms with Gasteiger partial charge in [-0.2, -0.15) is 0 Å². The number of hydrogen-bond acceptors (Lipinski definition) is 3. The van der Waals surface area contributed by atoms with Gasteiger partial charge in [-0.15, -0.1) is 11.3 Å². The van der Waals surface area contributed by atoms with E-state index in [2.05, 4.69) is 10.3 Å². The molecule has 4 heteroatoms. The van der Waals surface area contributed by atoms with Crippen LogP contribution in [0.2, 0.25) is 0 Å². The third kappa shape index (κ3) is 2.24. The van der Waals surface area contributed by atoms with Crippen molar-refractivity contribution in [2.75, 3.05) is 13.2 Å². The zero-order valence-corrected chi connectivity index (χ0v) is 7.20. The topological polar surface area (TPSA) is 24.9 Å². The monoisotopic (exact) mass is 174 g/mol. The summed E-state index contributed by atoms with van der Waals surface area (Å²) in [7, 11) is 0. The van der Waals surface area contributed by atoms with Crippen LogP contribution < -0.4 is 5.32 Å². The molecule has 0 aliphatic carbocycles. The van der Waals surface area contributed by atoms with Gasteiger partial charge in [0.2, 0.25) is 0 Å². The first kappa shape index (κ1) is 8.62. The van der Waals surface area contributed by atoms with Gasteiger partial charge < -0.3 is 5.32 Å². The fourth-order valence-corrected chi connectivity index (χ4v) is 1.55. The van der Waals surface area contributed by atoms with Gasteiger partial charge in [-0.05, 0) is 6.54 Å². The Labute approximate surface area is 69.5 Å². The molecule has 0 radical (unpaired) electrons. The number of halogens is 1. The second-order valence-electron chi connectivity index (χ2n) is 2.17. The first-order chi connectivity index (χ1) is 5.38. The van der Waals surface area contributed by atoms with Gasteiger partial charge in [0.25, 0.3) is 0 Å². The Morgan fingerprint density at radius 2 is 2.64 bits per heavy atom. The molecule has 0 aliphatic heterocycles. The predicted octanol–water partition coefficient (Wildman–Crippen LogP) is 1.76. The van der Waals surface area contributed by atoms with Crippen LogP contribution in [0.1, 0.15) is 17.8 Å². The van der Waals surface area contributed by atoms with Crippen molar-refractivity contribution in [3.8, 4) is 0 Å². The van der Waals surface area contributed by atoms with Gasteiger partial charge in [0.15, 0.2) is 0 Å². The number of nitrogens with one attached hydrogen (secondary N) is 1. The summed E-state index contributed by atoms with van der Waals surface area (Å²) in [6, 6.07) is -0.160. The summed E-state index contributed by atoms with van der Waals surface area (Å²) in [6.45, 7) is 2.38. The van der Waals surface area contributed by atoms with E-state index in [-0.39, 0.29) is 12.7 Å². The van der Waals surface area contributed by atoms with Gasteiger partial charge in [-0.1, -0.05) is 6.92 Å². The zero-order chi connectivity index (χ0) is 8.10. The van der Waals surface area contributed by atoms with Crippen LogP contribution >= 0.6 is 11.3 Å². The normalized spacial score (nSPS) is 13.3. The van der Waals surface area contributed by atoms with Crippen molar-refractivity contribution < 1.29 is 4.39 Å². The maximum atomic E-state index is 12.3. The minimum absolute atomic E-state index is 0.160. The van der Waals surface area contributed by atoms with Crippen molar-refractivity contribution >= 4 is 11.3 Å². The maximum Gasteiger partial charge on any atom is 0.110 e. The number of alkyl halides is 1. The molecule has 62 valence electrons. The number of hydrogen-bond donors (Lipinski definition) is 1. The predicted molar refractivity (Wildman–Crippen MR) is 44.5 cm³/mol. The highest BCUT2D eigenvalue weighted by molar-refractivity contribution is 7.09. The van der Waals surface area contributed by atoms with Crippen LogP contribution in [-0.2, 0) is 0 Å². The minimum atomic E-state index is -0.365. The lowest BCUT2D eigenvalue weighted by molar-refractivity contribution is 0.391. The van der Waals surface area contributed by atoms with Crippen LogP contribution in [0.15, 0.2) is 11.7 Å². The lowest BCUT2D eigenvalue weighted by Gasteiger charge is -2.10. The summed E-state index contributed by atoms with van der Waals surface area (Å²) in [6.07, 6.45) is 1.71. The molecule has 1 atom stereocenters. The molecule has 0 saturated heterocycles. The Morgan fingerprint density at radius 1 is 1.82 bits per heavy atom. The first-order valence-corrected chi connectivity index (χ1v) is 4.44. The largest absolute Gasteiger partial charge is 0.307 e. The van der Waals surface area contributed by atoms with Gasteiger partial charge in [-0.25, -0.2) is 4.39 Å². The first-order valence-electron chi connectivity index (χ1n) is 3.56. The van der Waals surface area contributed by atoms with E-state index in [1.165, 1.54) is 11.3 Å². The Balaban J connectivity index is 2.56. The van der Waals surface area contributed by atoms with E-state index < -0.39 is 0 Å².